The van der Waals surface area contributed by atoms with E-state index in [-0.39, 0.29) is 0 Å². The van der Waals surface area contributed by atoms with Crippen molar-refractivity contribution < 1.29 is 0 Å². The van der Waals surface area contributed by atoms with Crippen LogP contribution in [0.5, 0.6) is 0 Å². The van der Waals surface area contributed by atoms with E-state index in [1.54, 1.807) is 0 Å². The molecule has 0 saturated heterocycles. The van der Waals surface area contributed by atoms with Gasteiger partial charge in [0.25, 0.3) is 0 Å². The largest absolute Gasteiger partial charge is 0.399 e. The molecule has 1 aromatic carbocycles. The lowest BCUT2D eigenvalue weighted by molar-refractivity contribution is 1.05. The summed E-state index contributed by atoms with van der Waals surface area (Å²) in [6, 6.07) is 6.26. The number of anilines is 1. The lowest BCUT2D eigenvalue weighted by Crippen LogP contribution is -1.93. The lowest BCUT2D eigenvalue weighted by atomic mass is 9.96. The summed E-state index contributed by atoms with van der Waals surface area (Å²) in [4.78, 5) is 0. The Hall–Kier alpha value is -1.50. The van der Waals surface area contributed by atoms with Crippen LogP contribution < -0.4 is 5.73 Å². The van der Waals surface area contributed by atoms with Gasteiger partial charge in [0, 0.05) is 5.69 Å². The third kappa shape index (κ3) is 1.72. The fourth-order valence-electron chi connectivity index (χ4n) is 1.72. The summed E-state index contributed by atoms with van der Waals surface area (Å²) in [6.45, 7) is 2.05. The zero-order chi connectivity index (χ0) is 9.97. The second kappa shape index (κ2) is 3.70. The highest BCUT2D eigenvalue weighted by atomic mass is 14.5. The zero-order valence-electron chi connectivity index (χ0n) is 8.46. The third-order valence-electron chi connectivity index (χ3n) is 2.65. The van der Waals surface area contributed by atoms with Crippen LogP contribution in [0.2, 0.25) is 0 Å². The molecule has 1 aliphatic carbocycles. The summed E-state index contributed by atoms with van der Waals surface area (Å²) < 4.78 is 0. The van der Waals surface area contributed by atoms with Crippen LogP contribution in [0.4, 0.5) is 5.69 Å². The molecule has 0 bridgehead atoms. The van der Waals surface area contributed by atoms with Crippen molar-refractivity contribution >= 4 is 11.3 Å². The summed E-state index contributed by atoms with van der Waals surface area (Å²) in [7, 11) is 0. The van der Waals surface area contributed by atoms with Gasteiger partial charge in [-0.05, 0) is 48.6 Å². The van der Waals surface area contributed by atoms with E-state index in [0.717, 1.165) is 24.1 Å². The zero-order valence-corrected chi connectivity index (χ0v) is 8.46. The molecule has 0 aromatic heterocycles. The first-order valence-corrected chi connectivity index (χ1v) is 4.99. The minimum atomic E-state index is 0.876. The van der Waals surface area contributed by atoms with Gasteiger partial charge in [-0.2, -0.15) is 0 Å². The van der Waals surface area contributed by atoms with Gasteiger partial charge >= 0.3 is 0 Å². The van der Waals surface area contributed by atoms with Gasteiger partial charge in [-0.1, -0.05) is 24.3 Å². The van der Waals surface area contributed by atoms with E-state index in [0.29, 0.717) is 0 Å². The number of nitrogens with two attached hydrogens (primary N) is 1. The minimum Gasteiger partial charge on any atom is -0.399 e. The number of hydrogen-bond acceptors (Lipinski definition) is 1. The van der Waals surface area contributed by atoms with Crippen LogP contribution >= 0.6 is 0 Å². The highest BCUT2D eigenvalue weighted by Crippen LogP contribution is 2.25. The van der Waals surface area contributed by atoms with E-state index < -0.39 is 0 Å². The van der Waals surface area contributed by atoms with Gasteiger partial charge in [0.05, 0.1) is 0 Å². The van der Waals surface area contributed by atoms with E-state index in [4.69, 9.17) is 5.73 Å². The Morgan fingerprint density at radius 3 is 2.79 bits per heavy atom. The Morgan fingerprint density at radius 1 is 1.29 bits per heavy atom. The first-order valence-electron chi connectivity index (χ1n) is 4.99. The number of allylic oxidation sites excluding steroid dienone is 4. The first kappa shape index (κ1) is 9.07. The molecule has 72 valence electrons. The maximum atomic E-state index is 5.78. The number of benzene rings is 1. The van der Waals surface area contributed by atoms with E-state index in [1.165, 1.54) is 11.1 Å². The van der Waals surface area contributed by atoms with Crippen LogP contribution in [0, 0.1) is 6.92 Å². The van der Waals surface area contributed by atoms with Crippen molar-refractivity contribution in [2.24, 2.45) is 0 Å². The summed E-state index contributed by atoms with van der Waals surface area (Å²) >= 11 is 0. The molecule has 1 nitrogen and oxygen atoms in total. The Balaban J connectivity index is 2.37. The Kier molecular flexibility index (Phi) is 2.40. The molecular formula is C13H15N. The quantitative estimate of drug-likeness (QED) is 0.667. The third-order valence-corrected chi connectivity index (χ3v) is 2.65. The van der Waals surface area contributed by atoms with Gasteiger partial charge in [0.15, 0.2) is 0 Å². The summed E-state index contributed by atoms with van der Waals surface area (Å²) in [5, 5.41) is 0. The maximum Gasteiger partial charge on any atom is 0.0344 e. The molecule has 0 radical (unpaired) electrons. The van der Waals surface area contributed by atoms with Crippen LogP contribution in [0.25, 0.3) is 5.57 Å². The Bertz CT molecular complexity index is 400. The SMILES string of the molecule is Cc1cc(C2=CC=CCC2)ccc1N. The summed E-state index contributed by atoms with van der Waals surface area (Å²) in [6.07, 6.45) is 8.81. The number of nitrogen functional groups attached to an aromatic ring is 1. The standard InChI is InChI=1S/C13H15N/c1-10-9-12(7-8-13(10)14)11-5-3-2-4-6-11/h2-3,5,7-9H,4,6,14H2,1H3. The van der Waals surface area contributed by atoms with Crippen LogP contribution in [0.1, 0.15) is 24.0 Å². The predicted molar refractivity (Wildman–Crippen MR) is 61.9 cm³/mol. The van der Waals surface area contributed by atoms with E-state index >= 15 is 0 Å². The van der Waals surface area contributed by atoms with Crippen LogP contribution in [-0.2, 0) is 0 Å². The second-order valence-corrected chi connectivity index (χ2v) is 3.73. The van der Waals surface area contributed by atoms with Crippen molar-refractivity contribution in [1.29, 1.82) is 0 Å². The van der Waals surface area contributed by atoms with Crippen LogP contribution in [0.3, 0.4) is 0 Å². The molecular weight excluding hydrogens is 170 g/mol. The van der Waals surface area contributed by atoms with Crippen molar-refractivity contribution in [3.8, 4) is 0 Å². The highest BCUT2D eigenvalue weighted by Gasteiger charge is 2.04. The van der Waals surface area contributed by atoms with Gasteiger partial charge in [0.1, 0.15) is 0 Å². The average Bonchev–Trinajstić information content (AvgIpc) is 2.23. The van der Waals surface area contributed by atoms with Gasteiger partial charge in [-0.15, -0.1) is 0 Å². The minimum absolute atomic E-state index is 0.876. The van der Waals surface area contributed by atoms with E-state index in [9.17, 15) is 0 Å². The van der Waals surface area contributed by atoms with Crippen LogP contribution in [0.15, 0.2) is 36.4 Å². The summed E-state index contributed by atoms with van der Waals surface area (Å²) in [5.74, 6) is 0. The van der Waals surface area contributed by atoms with Crippen LogP contribution in [-0.4, -0.2) is 0 Å². The number of aryl methyl sites for hydroxylation is 1. The smallest absolute Gasteiger partial charge is 0.0344 e. The fourth-order valence-corrected chi connectivity index (χ4v) is 1.72. The van der Waals surface area contributed by atoms with Gasteiger partial charge in [0.2, 0.25) is 0 Å². The molecule has 0 heterocycles. The van der Waals surface area contributed by atoms with Crippen molar-refractivity contribution in [3.05, 3.63) is 47.6 Å². The molecule has 0 aliphatic heterocycles. The monoisotopic (exact) mass is 185 g/mol. The molecule has 1 aromatic rings. The normalized spacial score (nSPS) is 15.4. The predicted octanol–water partition coefficient (Wildman–Crippen LogP) is 3.31. The van der Waals surface area contributed by atoms with Gasteiger partial charge < -0.3 is 5.73 Å². The number of rotatable bonds is 1. The topological polar surface area (TPSA) is 26.0 Å². The average molecular weight is 185 g/mol. The maximum absolute atomic E-state index is 5.78. The molecule has 0 atom stereocenters. The molecule has 2 rings (SSSR count). The molecule has 1 heteroatoms. The van der Waals surface area contributed by atoms with E-state index in [1.807, 2.05) is 6.07 Å². The van der Waals surface area contributed by atoms with Crippen molar-refractivity contribution in [1.82, 2.24) is 0 Å². The van der Waals surface area contributed by atoms with E-state index in [2.05, 4.69) is 37.3 Å². The first-order chi connectivity index (χ1) is 6.77. The molecule has 1 aliphatic rings. The molecule has 2 N–H and O–H groups in total. The van der Waals surface area contributed by atoms with Crippen molar-refractivity contribution in [2.45, 2.75) is 19.8 Å². The molecule has 0 amide bonds. The van der Waals surface area contributed by atoms with Crippen molar-refractivity contribution in [3.63, 3.8) is 0 Å². The second-order valence-electron chi connectivity index (χ2n) is 3.73. The lowest BCUT2D eigenvalue weighted by Gasteiger charge is -2.10. The fraction of sp³-hybridized carbons (Fsp3) is 0.231. The molecule has 14 heavy (non-hydrogen) atoms. The number of hydrogen-bond donors (Lipinski definition) is 1. The highest BCUT2D eigenvalue weighted by molar-refractivity contribution is 5.70. The molecule has 0 spiro atoms. The Labute approximate surface area is 84.9 Å². The summed E-state index contributed by atoms with van der Waals surface area (Å²) in [5.41, 5.74) is 10.5. The molecule has 0 fully saturated rings. The van der Waals surface area contributed by atoms with Gasteiger partial charge in [-0.3, -0.25) is 0 Å². The van der Waals surface area contributed by atoms with Crippen molar-refractivity contribution in [2.75, 3.05) is 5.73 Å². The molecule has 0 saturated carbocycles. The van der Waals surface area contributed by atoms with Gasteiger partial charge in [-0.25, -0.2) is 0 Å². The Morgan fingerprint density at radius 2 is 2.14 bits per heavy atom. The molecule has 0 unspecified atom stereocenters.